The van der Waals surface area contributed by atoms with Gasteiger partial charge in [-0.1, -0.05) is 13.8 Å². The fourth-order valence-electron chi connectivity index (χ4n) is 1.62. The Kier molecular flexibility index (Phi) is 5.75. The fourth-order valence-corrected chi connectivity index (χ4v) is 1.62. The van der Waals surface area contributed by atoms with Crippen molar-refractivity contribution >= 4 is 17.9 Å². The van der Waals surface area contributed by atoms with Crippen LogP contribution in [0.4, 0.5) is 4.79 Å². The lowest BCUT2D eigenvalue weighted by molar-refractivity contribution is -0.138. The van der Waals surface area contributed by atoms with Crippen LogP contribution in [0.25, 0.3) is 0 Å². The molecule has 0 saturated heterocycles. The number of nitrogens with one attached hydrogen (secondary N) is 2. The number of carbonyl (C=O) groups is 3. The highest BCUT2D eigenvalue weighted by atomic mass is 16.4. The zero-order chi connectivity index (χ0) is 14.4. The van der Waals surface area contributed by atoms with Crippen molar-refractivity contribution in [3.8, 4) is 0 Å². The molecule has 0 bridgehead atoms. The van der Waals surface area contributed by atoms with Gasteiger partial charge in [0.15, 0.2) is 0 Å². The summed E-state index contributed by atoms with van der Waals surface area (Å²) < 4.78 is 0. The van der Waals surface area contributed by atoms with Crippen molar-refractivity contribution in [1.29, 1.82) is 0 Å². The van der Waals surface area contributed by atoms with E-state index in [-0.39, 0.29) is 19.1 Å². The Bertz CT molecular complexity index is 353. The van der Waals surface area contributed by atoms with Crippen molar-refractivity contribution < 1.29 is 19.5 Å². The molecular formula is C12H21N3O4. The Morgan fingerprint density at radius 2 is 1.89 bits per heavy atom. The van der Waals surface area contributed by atoms with Gasteiger partial charge in [-0.2, -0.15) is 0 Å². The maximum atomic E-state index is 11.6. The summed E-state index contributed by atoms with van der Waals surface area (Å²) in [7, 11) is 0. The molecule has 1 fully saturated rings. The van der Waals surface area contributed by atoms with Crippen molar-refractivity contribution in [2.24, 2.45) is 5.92 Å². The van der Waals surface area contributed by atoms with Gasteiger partial charge in [-0.05, 0) is 18.8 Å². The fraction of sp³-hybridized carbons (Fsp3) is 0.750. The zero-order valence-electron chi connectivity index (χ0n) is 11.3. The van der Waals surface area contributed by atoms with Crippen molar-refractivity contribution in [2.45, 2.75) is 32.7 Å². The molecule has 0 aromatic heterocycles. The maximum Gasteiger partial charge on any atom is 0.321 e. The van der Waals surface area contributed by atoms with E-state index in [4.69, 9.17) is 5.11 Å². The van der Waals surface area contributed by atoms with Crippen molar-refractivity contribution in [3.05, 3.63) is 0 Å². The van der Waals surface area contributed by atoms with Crippen LogP contribution in [0, 0.1) is 5.92 Å². The summed E-state index contributed by atoms with van der Waals surface area (Å²) in [5.41, 5.74) is 0. The number of rotatable bonds is 7. The Hall–Kier alpha value is -1.63. The van der Waals surface area contributed by atoms with Crippen molar-refractivity contribution in [3.63, 3.8) is 0 Å². The predicted molar refractivity (Wildman–Crippen MR) is 68.6 cm³/mol. The second-order valence-electron chi connectivity index (χ2n) is 5.18. The van der Waals surface area contributed by atoms with E-state index >= 15 is 0 Å². The van der Waals surface area contributed by atoms with E-state index in [1.807, 2.05) is 13.8 Å². The van der Waals surface area contributed by atoms with Crippen LogP contribution in [0.15, 0.2) is 0 Å². The van der Waals surface area contributed by atoms with Gasteiger partial charge < -0.3 is 10.4 Å². The number of hydrogen-bond donors (Lipinski definition) is 3. The lowest BCUT2D eigenvalue weighted by Gasteiger charge is -2.18. The Morgan fingerprint density at radius 3 is 2.37 bits per heavy atom. The highest BCUT2D eigenvalue weighted by Gasteiger charge is 2.31. The molecule has 7 nitrogen and oxygen atoms in total. The van der Waals surface area contributed by atoms with Crippen LogP contribution in [0.2, 0.25) is 0 Å². The second kappa shape index (κ2) is 7.08. The molecule has 0 aromatic rings. The summed E-state index contributed by atoms with van der Waals surface area (Å²) in [6, 6.07) is -0.384. The van der Waals surface area contributed by atoms with Crippen LogP contribution in [-0.2, 0) is 9.59 Å². The molecule has 0 atom stereocenters. The first kappa shape index (κ1) is 15.4. The quantitative estimate of drug-likeness (QED) is 0.606. The van der Waals surface area contributed by atoms with E-state index in [1.54, 1.807) is 4.90 Å². The third-order valence-electron chi connectivity index (χ3n) is 2.67. The van der Waals surface area contributed by atoms with E-state index in [9.17, 15) is 14.4 Å². The van der Waals surface area contributed by atoms with Gasteiger partial charge >= 0.3 is 12.0 Å². The number of imide groups is 1. The molecule has 1 saturated carbocycles. The minimum absolute atomic E-state index is 0.0634. The largest absolute Gasteiger partial charge is 0.480 e. The molecule has 1 rings (SSSR count). The molecule has 1 aliphatic carbocycles. The van der Waals surface area contributed by atoms with Crippen LogP contribution in [0.5, 0.6) is 0 Å². The molecule has 3 amide bonds. The molecular weight excluding hydrogens is 250 g/mol. The third-order valence-corrected chi connectivity index (χ3v) is 2.67. The number of urea groups is 1. The average Bonchev–Trinajstić information content (AvgIpc) is 3.08. The van der Waals surface area contributed by atoms with Gasteiger partial charge in [-0.15, -0.1) is 0 Å². The number of nitrogens with zero attached hydrogens (tertiary/aromatic N) is 1. The van der Waals surface area contributed by atoms with E-state index < -0.39 is 17.9 Å². The normalized spacial score (nSPS) is 14.5. The minimum Gasteiger partial charge on any atom is -0.480 e. The van der Waals surface area contributed by atoms with Gasteiger partial charge in [0.2, 0.25) is 5.91 Å². The van der Waals surface area contributed by atoms with E-state index in [0.29, 0.717) is 12.5 Å². The van der Waals surface area contributed by atoms with Crippen LogP contribution in [0.1, 0.15) is 26.7 Å². The maximum absolute atomic E-state index is 11.6. The smallest absolute Gasteiger partial charge is 0.321 e. The number of carboxylic acids is 1. The van der Waals surface area contributed by atoms with Crippen LogP contribution < -0.4 is 10.6 Å². The molecule has 3 N–H and O–H groups in total. The standard InChI is InChI=1S/C12H21N3O4/c1-8(2)5-13-12(19)14-10(16)6-15(7-11(17)18)9-3-4-9/h8-9H,3-7H2,1-2H3,(H,17,18)(H2,13,14,16,19). The highest BCUT2D eigenvalue weighted by molar-refractivity contribution is 5.95. The first-order valence-corrected chi connectivity index (χ1v) is 6.42. The number of carbonyl (C=O) groups excluding carboxylic acids is 2. The number of amides is 3. The van der Waals surface area contributed by atoms with Crippen LogP contribution >= 0.6 is 0 Å². The topological polar surface area (TPSA) is 98.7 Å². The first-order chi connectivity index (χ1) is 8.88. The van der Waals surface area contributed by atoms with Gasteiger partial charge in [-0.3, -0.25) is 19.8 Å². The molecule has 19 heavy (non-hydrogen) atoms. The average molecular weight is 271 g/mol. The molecule has 1 aliphatic rings. The Balaban J connectivity index is 2.31. The summed E-state index contributed by atoms with van der Waals surface area (Å²) >= 11 is 0. The van der Waals surface area contributed by atoms with Gasteiger partial charge in [0.05, 0.1) is 13.1 Å². The van der Waals surface area contributed by atoms with Crippen molar-refractivity contribution in [2.75, 3.05) is 19.6 Å². The lowest BCUT2D eigenvalue weighted by Crippen LogP contribution is -2.46. The predicted octanol–water partition coefficient (Wildman–Crippen LogP) is 0.0172. The Morgan fingerprint density at radius 1 is 1.26 bits per heavy atom. The van der Waals surface area contributed by atoms with E-state index in [2.05, 4.69) is 10.6 Å². The molecule has 7 heteroatoms. The van der Waals surface area contributed by atoms with Gasteiger partial charge in [0, 0.05) is 12.6 Å². The number of carboxylic acid groups (broad SMARTS) is 1. The minimum atomic E-state index is -0.969. The monoisotopic (exact) mass is 271 g/mol. The van der Waals surface area contributed by atoms with Gasteiger partial charge in [-0.25, -0.2) is 4.79 Å². The molecule has 0 aliphatic heterocycles. The summed E-state index contributed by atoms with van der Waals surface area (Å²) in [5, 5.41) is 13.5. The van der Waals surface area contributed by atoms with Gasteiger partial charge in [0.25, 0.3) is 0 Å². The van der Waals surface area contributed by atoms with Crippen LogP contribution in [0.3, 0.4) is 0 Å². The van der Waals surface area contributed by atoms with Crippen molar-refractivity contribution in [1.82, 2.24) is 15.5 Å². The first-order valence-electron chi connectivity index (χ1n) is 6.42. The summed E-state index contributed by atoms with van der Waals surface area (Å²) in [6.45, 7) is 4.14. The Labute approximate surface area is 112 Å². The van der Waals surface area contributed by atoms with E-state index in [1.165, 1.54) is 0 Å². The van der Waals surface area contributed by atoms with E-state index in [0.717, 1.165) is 12.8 Å². The van der Waals surface area contributed by atoms with Crippen LogP contribution in [-0.4, -0.2) is 53.6 Å². The number of aliphatic carboxylic acids is 1. The number of hydrogen-bond acceptors (Lipinski definition) is 4. The molecule has 108 valence electrons. The molecule has 0 radical (unpaired) electrons. The SMILES string of the molecule is CC(C)CNC(=O)NC(=O)CN(CC(=O)O)C1CC1. The van der Waals surface area contributed by atoms with Gasteiger partial charge in [0.1, 0.15) is 0 Å². The lowest BCUT2D eigenvalue weighted by atomic mass is 10.2. The third kappa shape index (κ3) is 6.76. The highest BCUT2D eigenvalue weighted by Crippen LogP contribution is 2.26. The molecule has 0 spiro atoms. The molecule has 0 unspecified atom stereocenters. The zero-order valence-corrected chi connectivity index (χ0v) is 11.3. The second-order valence-corrected chi connectivity index (χ2v) is 5.18. The summed E-state index contributed by atoms with van der Waals surface area (Å²) in [6.07, 6.45) is 1.81. The summed E-state index contributed by atoms with van der Waals surface area (Å²) in [4.78, 5) is 35.2. The summed E-state index contributed by atoms with van der Waals surface area (Å²) in [5.74, 6) is -1.14. The molecule has 0 heterocycles. The molecule has 0 aromatic carbocycles.